The molecule has 0 fully saturated rings. The highest BCUT2D eigenvalue weighted by Crippen LogP contribution is 2.24. The van der Waals surface area contributed by atoms with Crippen molar-refractivity contribution < 1.29 is 14.3 Å². The number of hydrogen-bond acceptors (Lipinski definition) is 5. The van der Waals surface area contributed by atoms with Crippen LogP contribution in [0.3, 0.4) is 0 Å². The van der Waals surface area contributed by atoms with Gasteiger partial charge in [0.1, 0.15) is 5.82 Å². The normalized spacial score (nSPS) is 12.0. The Balaban J connectivity index is 2.38. The summed E-state index contributed by atoms with van der Waals surface area (Å²) >= 11 is 0. The standard InChI is InChI=1S/C21H29N3O4/c1-5-14-24(18(25)12-13-19(26)28-7-3)17(6-2)20-22-16-11-9-8-10-15(16)21(27)23(20)4/h8-11,17H,5-7,12-14H2,1-4H3. The molecule has 2 rings (SSSR count). The average molecular weight is 387 g/mol. The molecule has 0 N–H and O–H groups in total. The highest BCUT2D eigenvalue weighted by atomic mass is 16.5. The Morgan fingerprint density at radius 1 is 1.18 bits per heavy atom. The summed E-state index contributed by atoms with van der Waals surface area (Å²) in [7, 11) is 1.69. The lowest BCUT2D eigenvalue weighted by Gasteiger charge is -2.31. The molecule has 0 spiro atoms. The van der Waals surface area contributed by atoms with E-state index in [-0.39, 0.29) is 36.3 Å². The summed E-state index contributed by atoms with van der Waals surface area (Å²) in [5, 5.41) is 0.555. The van der Waals surface area contributed by atoms with Crippen LogP contribution < -0.4 is 5.56 Å². The van der Waals surface area contributed by atoms with Gasteiger partial charge in [-0.25, -0.2) is 4.98 Å². The zero-order valence-electron chi connectivity index (χ0n) is 17.1. The van der Waals surface area contributed by atoms with Crippen molar-refractivity contribution in [2.75, 3.05) is 13.2 Å². The van der Waals surface area contributed by atoms with Crippen molar-refractivity contribution in [2.24, 2.45) is 7.05 Å². The Morgan fingerprint density at radius 2 is 1.89 bits per heavy atom. The van der Waals surface area contributed by atoms with Crippen molar-refractivity contribution in [3.8, 4) is 0 Å². The van der Waals surface area contributed by atoms with Gasteiger partial charge in [0.2, 0.25) is 5.91 Å². The number of amides is 1. The minimum Gasteiger partial charge on any atom is -0.466 e. The summed E-state index contributed by atoms with van der Waals surface area (Å²) in [5.74, 6) is 0.0462. The molecule has 0 saturated carbocycles. The number of para-hydroxylation sites is 1. The van der Waals surface area contributed by atoms with Crippen LogP contribution in [0.2, 0.25) is 0 Å². The summed E-state index contributed by atoms with van der Waals surface area (Å²) in [6, 6.07) is 6.87. The largest absolute Gasteiger partial charge is 0.466 e. The van der Waals surface area contributed by atoms with Crippen LogP contribution in [0.25, 0.3) is 10.9 Å². The van der Waals surface area contributed by atoms with E-state index in [4.69, 9.17) is 9.72 Å². The zero-order valence-corrected chi connectivity index (χ0v) is 17.1. The second-order valence-corrected chi connectivity index (χ2v) is 6.67. The van der Waals surface area contributed by atoms with Gasteiger partial charge in [-0.1, -0.05) is 26.0 Å². The minimum atomic E-state index is -0.378. The quantitative estimate of drug-likeness (QED) is 0.618. The van der Waals surface area contributed by atoms with Crippen molar-refractivity contribution in [3.63, 3.8) is 0 Å². The first-order valence-electron chi connectivity index (χ1n) is 9.85. The van der Waals surface area contributed by atoms with E-state index in [1.807, 2.05) is 26.0 Å². The van der Waals surface area contributed by atoms with Gasteiger partial charge in [0.15, 0.2) is 0 Å². The maximum absolute atomic E-state index is 12.9. The molecule has 7 nitrogen and oxygen atoms in total. The molecule has 0 saturated heterocycles. The van der Waals surface area contributed by atoms with Gasteiger partial charge < -0.3 is 9.64 Å². The van der Waals surface area contributed by atoms with Gasteiger partial charge in [0, 0.05) is 20.0 Å². The fourth-order valence-corrected chi connectivity index (χ4v) is 3.36. The summed E-state index contributed by atoms with van der Waals surface area (Å²) in [6.45, 7) is 6.52. The smallest absolute Gasteiger partial charge is 0.306 e. The first-order valence-corrected chi connectivity index (χ1v) is 9.85. The monoisotopic (exact) mass is 387 g/mol. The number of rotatable bonds is 9. The van der Waals surface area contributed by atoms with Crippen LogP contribution in [-0.4, -0.2) is 39.5 Å². The number of aromatic nitrogens is 2. The molecule has 0 aliphatic rings. The van der Waals surface area contributed by atoms with Crippen molar-refractivity contribution in [1.29, 1.82) is 0 Å². The molecular formula is C21H29N3O4. The highest BCUT2D eigenvalue weighted by Gasteiger charge is 2.27. The number of hydrogen-bond donors (Lipinski definition) is 0. The molecule has 7 heteroatoms. The first-order chi connectivity index (χ1) is 13.4. The van der Waals surface area contributed by atoms with Gasteiger partial charge in [-0.3, -0.25) is 19.0 Å². The van der Waals surface area contributed by atoms with Crippen LogP contribution >= 0.6 is 0 Å². The summed E-state index contributed by atoms with van der Waals surface area (Å²) < 4.78 is 6.44. The van der Waals surface area contributed by atoms with Crippen molar-refractivity contribution >= 4 is 22.8 Å². The first kappa shape index (κ1) is 21.6. The van der Waals surface area contributed by atoms with Gasteiger partial charge in [-0.15, -0.1) is 0 Å². The van der Waals surface area contributed by atoms with Crippen molar-refractivity contribution in [1.82, 2.24) is 14.5 Å². The number of esters is 1. The molecule has 2 aromatic rings. The molecule has 0 aliphatic carbocycles. The maximum atomic E-state index is 12.9. The SMILES string of the molecule is CCCN(C(=O)CCC(=O)OCC)C(CC)c1nc2ccccc2c(=O)n1C. The Morgan fingerprint density at radius 3 is 2.54 bits per heavy atom. The molecule has 1 amide bonds. The Hall–Kier alpha value is -2.70. The zero-order chi connectivity index (χ0) is 20.7. The van der Waals surface area contributed by atoms with Crippen LogP contribution in [0.5, 0.6) is 0 Å². The number of ether oxygens (including phenoxy) is 1. The molecule has 28 heavy (non-hydrogen) atoms. The summed E-state index contributed by atoms with van der Waals surface area (Å²) in [4.78, 5) is 43.7. The van der Waals surface area contributed by atoms with E-state index in [9.17, 15) is 14.4 Å². The molecule has 0 bridgehead atoms. The highest BCUT2D eigenvalue weighted by molar-refractivity contribution is 5.82. The average Bonchev–Trinajstić information content (AvgIpc) is 2.69. The van der Waals surface area contributed by atoms with Gasteiger partial charge in [-0.2, -0.15) is 0 Å². The molecule has 1 heterocycles. The Kier molecular flexibility index (Phi) is 7.72. The third kappa shape index (κ3) is 4.77. The van der Waals surface area contributed by atoms with Gasteiger partial charge in [0.05, 0.1) is 30.0 Å². The second-order valence-electron chi connectivity index (χ2n) is 6.67. The maximum Gasteiger partial charge on any atom is 0.306 e. The van der Waals surface area contributed by atoms with E-state index >= 15 is 0 Å². The fourth-order valence-electron chi connectivity index (χ4n) is 3.36. The Bertz CT molecular complexity index is 891. The van der Waals surface area contributed by atoms with Gasteiger partial charge in [-0.05, 0) is 31.9 Å². The lowest BCUT2D eigenvalue weighted by Crippen LogP contribution is -2.39. The second kappa shape index (κ2) is 10.0. The van der Waals surface area contributed by atoms with E-state index in [0.29, 0.717) is 36.3 Å². The number of carbonyl (C=O) groups is 2. The van der Waals surface area contributed by atoms with E-state index in [2.05, 4.69) is 0 Å². The van der Waals surface area contributed by atoms with Crippen LogP contribution in [-0.2, 0) is 21.4 Å². The predicted octanol–water partition coefficient (Wildman–Crippen LogP) is 2.97. The van der Waals surface area contributed by atoms with Crippen LogP contribution in [0.1, 0.15) is 58.3 Å². The lowest BCUT2D eigenvalue weighted by molar-refractivity contribution is -0.146. The van der Waals surface area contributed by atoms with E-state index in [1.165, 1.54) is 4.57 Å². The fraction of sp³-hybridized carbons (Fsp3) is 0.524. The predicted molar refractivity (Wildman–Crippen MR) is 108 cm³/mol. The molecule has 1 aromatic heterocycles. The van der Waals surface area contributed by atoms with E-state index in [1.54, 1.807) is 31.0 Å². The number of benzene rings is 1. The minimum absolute atomic E-state index is 0.0490. The van der Waals surface area contributed by atoms with Crippen LogP contribution in [0.4, 0.5) is 0 Å². The van der Waals surface area contributed by atoms with Crippen LogP contribution in [0, 0.1) is 0 Å². The number of fused-ring (bicyclic) bond motifs is 1. The summed E-state index contributed by atoms with van der Waals surface area (Å²) in [6.07, 6.45) is 1.51. The molecule has 1 aromatic carbocycles. The molecular weight excluding hydrogens is 358 g/mol. The van der Waals surface area contributed by atoms with Crippen molar-refractivity contribution in [2.45, 2.75) is 52.5 Å². The van der Waals surface area contributed by atoms with Gasteiger partial charge >= 0.3 is 5.97 Å². The van der Waals surface area contributed by atoms with E-state index in [0.717, 1.165) is 6.42 Å². The molecule has 0 aliphatic heterocycles. The summed E-state index contributed by atoms with van der Waals surface area (Å²) in [5.41, 5.74) is 0.490. The van der Waals surface area contributed by atoms with Gasteiger partial charge in [0.25, 0.3) is 5.56 Å². The molecule has 0 radical (unpaired) electrons. The van der Waals surface area contributed by atoms with Crippen molar-refractivity contribution in [3.05, 3.63) is 40.4 Å². The third-order valence-electron chi connectivity index (χ3n) is 4.71. The molecule has 152 valence electrons. The third-order valence-corrected chi connectivity index (χ3v) is 4.71. The Labute approximate surface area is 165 Å². The number of nitrogens with zero attached hydrogens (tertiary/aromatic N) is 3. The number of carbonyl (C=O) groups excluding carboxylic acids is 2. The topological polar surface area (TPSA) is 81.5 Å². The van der Waals surface area contributed by atoms with E-state index < -0.39 is 0 Å². The molecule has 1 unspecified atom stereocenters. The molecule has 1 atom stereocenters. The van der Waals surface area contributed by atoms with Crippen LogP contribution in [0.15, 0.2) is 29.1 Å². The lowest BCUT2D eigenvalue weighted by atomic mass is 10.1.